The number of carbonyl (C=O) groups is 1. The molecule has 32 heavy (non-hydrogen) atoms. The highest BCUT2D eigenvalue weighted by Crippen LogP contribution is 2.34. The van der Waals surface area contributed by atoms with Crippen molar-refractivity contribution in [3.63, 3.8) is 0 Å². The van der Waals surface area contributed by atoms with E-state index < -0.39 is 11.7 Å². The van der Waals surface area contributed by atoms with Crippen molar-refractivity contribution in [2.75, 3.05) is 0 Å². The van der Waals surface area contributed by atoms with Crippen molar-refractivity contribution in [1.29, 1.82) is 0 Å². The van der Waals surface area contributed by atoms with Gasteiger partial charge in [-0.3, -0.25) is 9.69 Å². The van der Waals surface area contributed by atoms with E-state index in [-0.39, 0.29) is 48.2 Å². The summed E-state index contributed by atoms with van der Waals surface area (Å²) in [6, 6.07) is 14.7. The van der Waals surface area contributed by atoms with E-state index in [1.807, 2.05) is 56.0 Å². The van der Waals surface area contributed by atoms with Crippen molar-refractivity contribution in [2.45, 2.75) is 52.1 Å². The number of aromatic nitrogens is 1. The zero-order valence-electron chi connectivity index (χ0n) is 18.2. The van der Waals surface area contributed by atoms with Gasteiger partial charge in [-0.15, -0.1) is 0 Å². The number of nitrogens with zero attached hydrogens (tertiary/aromatic N) is 2. The first-order valence-corrected chi connectivity index (χ1v) is 10.3. The number of benzene rings is 2. The highest BCUT2D eigenvalue weighted by Gasteiger charge is 2.34. The molecule has 0 radical (unpaired) electrons. The maximum atomic E-state index is 13.6. The van der Waals surface area contributed by atoms with Crippen molar-refractivity contribution in [3.8, 4) is 0 Å². The Morgan fingerprint density at radius 3 is 2.34 bits per heavy atom. The normalized spacial score (nSPS) is 12.9. The van der Waals surface area contributed by atoms with Gasteiger partial charge in [0, 0.05) is 18.6 Å². The van der Waals surface area contributed by atoms with Gasteiger partial charge in [-0.25, -0.2) is 4.98 Å². The molecule has 1 amide bonds. The molecule has 0 saturated heterocycles. The summed E-state index contributed by atoms with van der Waals surface area (Å²) in [4.78, 5) is 18.3. The van der Waals surface area contributed by atoms with E-state index in [1.54, 1.807) is 6.07 Å². The summed E-state index contributed by atoms with van der Waals surface area (Å²) in [5.74, 6) is -0.105. The maximum Gasteiger partial charge on any atom is 0.416 e. The predicted octanol–water partition coefficient (Wildman–Crippen LogP) is 5.60. The summed E-state index contributed by atoms with van der Waals surface area (Å²) in [6.07, 6.45) is -3.19. The third-order valence-corrected chi connectivity index (χ3v) is 5.07. The van der Waals surface area contributed by atoms with Gasteiger partial charge in [0.05, 0.1) is 12.1 Å². The van der Waals surface area contributed by atoms with Crippen molar-refractivity contribution >= 4 is 5.91 Å². The molecule has 1 N–H and O–H groups in total. The molecule has 170 valence electrons. The highest BCUT2D eigenvalue weighted by molar-refractivity contribution is 5.92. The van der Waals surface area contributed by atoms with Crippen LogP contribution >= 0.6 is 0 Å². The Hall–Kier alpha value is -3.13. The fraction of sp³-hybridized carbons (Fsp3) is 0.333. The van der Waals surface area contributed by atoms with Crippen LogP contribution in [-0.4, -0.2) is 21.8 Å². The number of amides is 1. The van der Waals surface area contributed by atoms with Crippen LogP contribution in [0.15, 0.2) is 65.3 Å². The van der Waals surface area contributed by atoms with Crippen LogP contribution in [0.3, 0.4) is 0 Å². The van der Waals surface area contributed by atoms with Crippen molar-refractivity contribution in [3.05, 3.63) is 89.1 Å². The molecule has 0 aliphatic rings. The lowest BCUT2D eigenvalue weighted by Gasteiger charge is -2.29. The molecule has 0 spiro atoms. The van der Waals surface area contributed by atoms with E-state index in [0.29, 0.717) is 0 Å². The minimum atomic E-state index is -4.46. The number of oxazole rings is 1. The molecule has 0 aliphatic heterocycles. The summed E-state index contributed by atoms with van der Waals surface area (Å²) in [5.41, 5.74) is 0.569. The summed E-state index contributed by atoms with van der Waals surface area (Å²) in [5, 5.41) is 2.74. The predicted molar refractivity (Wildman–Crippen MR) is 115 cm³/mol. The number of alkyl halides is 3. The molecule has 1 atom stereocenters. The van der Waals surface area contributed by atoms with Crippen LogP contribution in [0, 0.1) is 0 Å². The van der Waals surface area contributed by atoms with Crippen molar-refractivity contribution in [2.24, 2.45) is 0 Å². The molecule has 3 rings (SSSR count). The molecule has 5 nitrogen and oxygen atoms in total. The quantitative estimate of drug-likeness (QED) is 0.491. The summed E-state index contributed by atoms with van der Waals surface area (Å²) in [7, 11) is 0. The number of hydrogen-bond acceptors (Lipinski definition) is 4. The van der Waals surface area contributed by atoms with E-state index >= 15 is 0 Å². The highest BCUT2D eigenvalue weighted by atomic mass is 19.4. The summed E-state index contributed by atoms with van der Waals surface area (Å²) < 4.78 is 46.1. The minimum Gasteiger partial charge on any atom is -0.447 e. The van der Waals surface area contributed by atoms with E-state index in [0.717, 1.165) is 11.6 Å². The zero-order valence-corrected chi connectivity index (χ0v) is 18.2. The molecule has 0 bridgehead atoms. The van der Waals surface area contributed by atoms with Gasteiger partial charge in [-0.05, 0) is 38.0 Å². The molecule has 1 heterocycles. The Kier molecular flexibility index (Phi) is 7.35. The number of hydrogen-bond donors (Lipinski definition) is 1. The largest absolute Gasteiger partial charge is 0.447 e. The second-order valence-electron chi connectivity index (χ2n) is 7.90. The van der Waals surface area contributed by atoms with Crippen LogP contribution in [-0.2, 0) is 19.3 Å². The Morgan fingerprint density at radius 1 is 1.03 bits per heavy atom. The Balaban J connectivity index is 1.89. The minimum absolute atomic E-state index is 0.0294. The lowest BCUT2D eigenvalue weighted by Crippen LogP contribution is -2.30. The first kappa shape index (κ1) is 23.5. The average Bonchev–Trinajstić information content (AvgIpc) is 3.21. The van der Waals surface area contributed by atoms with Gasteiger partial charge in [0.2, 0.25) is 5.89 Å². The van der Waals surface area contributed by atoms with Gasteiger partial charge >= 0.3 is 6.18 Å². The standard InChI is InChI=1S/C24H26F3N3O2/c1-16(2)28-23(31)21-15-32-22(29-21)14-30(17(3)18-9-5-4-6-10-18)13-19-11-7-8-12-20(19)24(25,26)27/h4-12,15-17H,13-14H2,1-3H3,(H,28,31)/t17-/m0/s1. The Morgan fingerprint density at radius 2 is 1.69 bits per heavy atom. The van der Waals surface area contributed by atoms with E-state index in [9.17, 15) is 18.0 Å². The van der Waals surface area contributed by atoms with Gasteiger partial charge < -0.3 is 9.73 Å². The fourth-order valence-corrected chi connectivity index (χ4v) is 3.42. The van der Waals surface area contributed by atoms with Crippen LogP contribution in [0.4, 0.5) is 13.2 Å². The van der Waals surface area contributed by atoms with E-state index in [4.69, 9.17) is 4.42 Å². The van der Waals surface area contributed by atoms with Crippen molar-refractivity contribution < 1.29 is 22.4 Å². The number of carbonyl (C=O) groups excluding carboxylic acids is 1. The molecule has 0 saturated carbocycles. The molecular formula is C24H26F3N3O2. The average molecular weight is 445 g/mol. The number of halogens is 3. The second kappa shape index (κ2) is 9.99. The molecule has 8 heteroatoms. The SMILES string of the molecule is CC(C)NC(=O)c1coc(CN(Cc2ccccc2C(F)(F)F)[C@@H](C)c2ccccc2)n1. The smallest absolute Gasteiger partial charge is 0.416 e. The molecule has 0 fully saturated rings. The lowest BCUT2D eigenvalue weighted by molar-refractivity contribution is -0.138. The third kappa shape index (κ3) is 5.97. The third-order valence-electron chi connectivity index (χ3n) is 5.07. The van der Waals surface area contributed by atoms with Gasteiger partial charge in [-0.1, -0.05) is 48.5 Å². The molecule has 0 unspecified atom stereocenters. The van der Waals surface area contributed by atoms with Crippen molar-refractivity contribution in [1.82, 2.24) is 15.2 Å². The Labute approximate surface area is 185 Å². The Bertz CT molecular complexity index is 1030. The number of nitrogens with one attached hydrogen (secondary N) is 1. The summed E-state index contributed by atoms with van der Waals surface area (Å²) >= 11 is 0. The summed E-state index contributed by atoms with van der Waals surface area (Å²) in [6.45, 7) is 5.75. The van der Waals surface area contributed by atoms with Crippen LogP contribution in [0.5, 0.6) is 0 Å². The lowest BCUT2D eigenvalue weighted by atomic mass is 10.0. The monoisotopic (exact) mass is 445 g/mol. The molecule has 0 aliphatic carbocycles. The van der Waals surface area contributed by atoms with Gasteiger partial charge in [0.25, 0.3) is 5.91 Å². The van der Waals surface area contributed by atoms with Gasteiger partial charge in [-0.2, -0.15) is 13.2 Å². The second-order valence-corrected chi connectivity index (χ2v) is 7.90. The maximum absolute atomic E-state index is 13.6. The molecular weight excluding hydrogens is 419 g/mol. The van der Waals surface area contributed by atoms with Gasteiger partial charge in [0.1, 0.15) is 6.26 Å². The van der Waals surface area contributed by atoms with Gasteiger partial charge in [0.15, 0.2) is 5.69 Å². The van der Waals surface area contributed by atoms with Crippen LogP contribution < -0.4 is 5.32 Å². The van der Waals surface area contributed by atoms with Crippen LogP contribution in [0.1, 0.15) is 59.9 Å². The van der Waals surface area contributed by atoms with Crippen LogP contribution in [0.25, 0.3) is 0 Å². The van der Waals surface area contributed by atoms with Crippen LogP contribution in [0.2, 0.25) is 0 Å². The molecule has 2 aromatic carbocycles. The first-order chi connectivity index (χ1) is 15.1. The number of rotatable bonds is 8. The zero-order chi connectivity index (χ0) is 23.3. The molecule has 1 aromatic heterocycles. The molecule has 3 aromatic rings. The first-order valence-electron chi connectivity index (χ1n) is 10.3. The van der Waals surface area contributed by atoms with E-state index in [1.165, 1.54) is 18.4 Å². The van der Waals surface area contributed by atoms with E-state index in [2.05, 4.69) is 10.3 Å². The fourth-order valence-electron chi connectivity index (χ4n) is 3.42. The topological polar surface area (TPSA) is 58.4 Å².